The molecule has 4 aliphatic rings. The first-order valence-corrected chi connectivity index (χ1v) is 44.3. The SMILES string of the molecule is CC(C)N1c2ccccc2N(c2cccc(-c3cc4ccccc4n3C)[n+]2C)[C@@H]1C.CC(C)N1c2ccccc2N(c2cccc(-c3cccn3C)[n+]2C)[C@@H]1C.Cc1ccc2c(n1)oc1c(-c3cccc(N4c5ccccc5N(C(C)C)[C@H]4C)[n+]3C)c(C)ccc12.Cc1ccc2c(oc3ccccc32)c1-c1cccc(N2c3ccccc3N(C(C)C)[C@H]2C)[n+]1C. The fourth-order valence-electron chi connectivity index (χ4n) is 20.7. The van der Waals surface area contributed by atoms with Gasteiger partial charge in [-0.3, -0.25) is 0 Å². The summed E-state index contributed by atoms with van der Waals surface area (Å²) < 4.78 is 26.5. The second kappa shape index (κ2) is 32.9. The van der Waals surface area contributed by atoms with Gasteiger partial charge in [-0.25, -0.2) is 42.9 Å². The van der Waals surface area contributed by atoms with Crippen molar-refractivity contribution in [1.82, 2.24) is 14.1 Å². The smallest absolute Gasteiger partial charge is 0.283 e. The summed E-state index contributed by atoms with van der Waals surface area (Å²) in [6.07, 6.45) is 3.01. The molecule has 0 aliphatic carbocycles. The van der Waals surface area contributed by atoms with Crippen LogP contribution in [0.1, 0.15) is 99.9 Å². The summed E-state index contributed by atoms with van der Waals surface area (Å²) in [4.78, 5) is 24.4. The van der Waals surface area contributed by atoms with E-state index in [-0.39, 0.29) is 24.7 Å². The van der Waals surface area contributed by atoms with Crippen LogP contribution in [0.2, 0.25) is 0 Å². The van der Waals surface area contributed by atoms with Crippen molar-refractivity contribution in [3.05, 3.63) is 296 Å². The molecule has 17 nitrogen and oxygen atoms in total. The van der Waals surface area contributed by atoms with E-state index in [0.29, 0.717) is 29.9 Å². The first-order valence-electron chi connectivity index (χ1n) is 44.3. The van der Waals surface area contributed by atoms with Crippen LogP contribution >= 0.6 is 0 Å². The fourth-order valence-corrected chi connectivity index (χ4v) is 20.7. The minimum absolute atomic E-state index is 0.198. The maximum absolute atomic E-state index is 6.43. The molecule has 632 valence electrons. The van der Waals surface area contributed by atoms with E-state index in [1.807, 2.05) is 25.1 Å². The van der Waals surface area contributed by atoms with Gasteiger partial charge in [0.1, 0.15) is 28.1 Å². The third-order valence-electron chi connectivity index (χ3n) is 26.4. The van der Waals surface area contributed by atoms with Gasteiger partial charge in [-0.1, -0.05) is 109 Å². The first-order chi connectivity index (χ1) is 60.3. The van der Waals surface area contributed by atoms with Crippen molar-refractivity contribution in [2.75, 3.05) is 39.2 Å². The number of nitrogens with zero attached hydrogens (tertiary/aromatic N) is 15. The average Bonchev–Trinajstić information content (AvgIpc) is 1.61. The third kappa shape index (κ3) is 13.9. The minimum Gasteiger partial charge on any atom is -0.455 e. The number of pyridine rings is 5. The van der Waals surface area contributed by atoms with Crippen molar-refractivity contribution in [2.24, 2.45) is 42.3 Å². The highest BCUT2D eigenvalue weighted by Crippen LogP contribution is 2.50. The second-order valence-electron chi connectivity index (χ2n) is 35.2. The molecule has 4 aliphatic heterocycles. The molecule has 0 fully saturated rings. The molecule has 0 spiro atoms. The normalized spacial score (nSPS) is 15.9. The number of rotatable bonds is 12. The Hall–Kier alpha value is -13.7. The van der Waals surface area contributed by atoms with E-state index in [1.165, 1.54) is 102 Å². The largest absolute Gasteiger partial charge is 0.455 e. The third-order valence-corrected chi connectivity index (χ3v) is 26.4. The van der Waals surface area contributed by atoms with Crippen LogP contribution in [0.3, 0.4) is 0 Å². The van der Waals surface area contributed by atoms with E-state index in [1.54, 1.807) is 0 Å². The second-order valence-corrected chi connectivity index (χ2v) is 35.2. The Labute approximate surface area is 735 Å². The van der Waals surface area contributed by atoms with Gasteiger partial charge in [0.2, 0.25) is 5.71 Å². The Kier molecular flexibility index (Phi) is 21.6. The molecule has 9 aromatic heterocycles. The molecular weight excluding hydrogens is 1540 g/mol. The van der Waals surface area contributed by atoms with E-state index in [0.717, 1.165) is 78.1 Å². The van der Waals surface area contributed by atoms with Crippen LogP contribution in [-0.4, -0.2) is 62.9 Å². The van der Waals surface area contributed by atoms with Gasteiger partial charge in [0, 0.05) is 107 Å². The summed E-state index contributed by atoms with van der Waals surface area (Å²) >= 11 is 0. The predicted molar refractivity (Wildman–Crippen MR) is 517 cm³/mol. The van der Waals surface area contributed by atoms with Crippen molar-refractivity contribution in [1.29, 1.82) is 0 Å². The highest BCUT2D eigenvalue weighted by molar-refractivity contribution is 6.11. The maximum Gasteiger partial charge on any atom is 0.283 e. The standard InChI is InChI=1S/C30H31N4O.C30H30N3O.C26H29N4.C22H27N4/c1-18(2)33-21(5)34(25-11-8-7-10-24(25)33)27-13-9-12-26(32(27)6)28-19(3)14-16-22-23-17-15-20(4)31-30(23)35-29(22)28;1-19(2)32-21(4)33(25-13-8-7-12-24(25)32)28-16-10-14-26(31(28)5)29-20(3)17-18-23-22-11-6-9-15-27(22)34-30(23)29;1-18(2)29-19(3)30(24-14-9-8-13-23(24)29)26-16-10-15-22(28(26)5)25-17-20-11-6-7-12-21(20)27(25)4;1-16(2)25-17(3)26(21-11-7-6-10-20(21)25)22-14-8-12-19(24(22)5)18-13-9-15-23(18)4/h7-18,21H,1-6H3;6-19,21H,1-5H3;6-19H,1-5H3;6-17H,1-5H3/q4*+1/t2*21-;19-;17-/m1111/s1. The van der Waals surface area contributed by atoms with E-state index in [2.05, 4.69) is 472 Å². The van der Waals surface area contributed by atoms with Crippen molar-refractivity contribution >= 4 is 124 Å². The molecule has 0 bridgehead atoms. The molecule has 0 N–H and O–H groups in total. The number of fused-ring (bicyclic) bond motifs is 11. The van der Waals surface area contributed by atoms with Gasteiger partial charge < -0.3 is 37.6 Å². The molecular formula is C108H117N15O2+4. The van der Waals surface area contributed by atoms with Gasteiger partial charge in [0.05, 0.1) is 73.5 Å². The fraction of sp³-hybridized carbons (Fsp3) is 0.269. The van der Waals surface area contributed by atoms with Crippen LogP contribution in [0.25, 0.3) is 100 Å². The average molecular weight is 1660 g/mol. The lowest BCUT2D eigenvalue weighted by Crippen LogP contribution is -2.47. The van der Waals surface area contributed by atoms with Crippen LogP contribution in [0.5, 0.6) is 0 Å². The van der Waals surface area contributed by atoms with Crippen LogP contribution in [0, 0.1) is 20.8 Å². The van der Waals surface area contributed by atoms with Crippen molar-refractivity contribution in [2.45, 2.75) is 153 Å². The summed E-state index contributed by atoms with van der Waals surface area (Å²) in [5.41, 5.74) is 27.6. The van der Waals surface area contributed by atoms with Crippen molar-refractivity contribution in [3.8, 4) is 45.3 Å². The first kappa shape index (κ1) is 82.3. The zero-order valence-electron chi connectivity index (χ0n) is 76.2. The summed E-state index contributed by atoms with van der Waals surface area (Å²) in [5.74, 6) is 4.70. The Morgan fingerprint density at radius 3 is 1.08 bits per heavy atom. The summed E-state index contributed by atoms with van der Waals surface area (Å²) in [6, 6.07) is 99.2. The van der Waals surface area contributed by atoms with Crippen LogP contribution in [0.15, 0.2) is 288 Å². The zero-order valence-corrected chi connectivity index (χ0v) is 76.2. The lowest BCUT2D eigenvalue weighted by molar-refractivity contribution is -0.647. The lowest BCUT2D eigenvalue weighted by atomic mass is 10.0. The van der Waals surface area contributed by atoms with E-state index in [4.69, 9.17) is 8.83 Å². The highest BCUT2D eigenvalue weighted by atomic mass is 16.3. The number of furan rings is 2. The maximum atomic E-state index is 6.43. The molecule has 17 heteroatoms. The van der Waals surface area contributed by atoms with Crippen molar-refractivity contribution < 1.29 is 27.1 Å². The molecule has 0 unspecified atom stereocenters. The summed E-state index contributed by atoms with van der Waals surface area (Å²) in [6.45, 7) is 33.6. The highest BCUT2D eigenvalue weighted by Gasteiger charge is 2.47. The van der Waals surface area contributed by atoms with Crippen molar-refractivity contribution in [3.63, 3.8) is 0 Å². The van der Waals surface area contributed by atoms with Gasteiger partial charge in [0.15, 0.2) is 58.8 Å². The van der Waals surface area contributed by atoms with Crippen LogP contribution in [-0.2, 0) is 42.3 Å². The Morgan fingerprint density at radius 2 is 0.672 bits per heavy atom. The number of para-hydroxylation sites is 10. The molecule has 17 aromatic rings. The van der Waals surface area contributed by atoms with E-state index in [9.17, 15) is 0 Å². The van der Waals surface area contributed by atoms with Gasteiger partial charge >= 0.3 is 0 Å². The number of benzene rings is 8. The van der Waals surface area contributed by atoms with Gasteiger partial charge in [0.25, 0.3) is 23.3 Å². The number of hydrogen-bond acceptors (Lipinski definition) is 11. The number of anilines is 12. The Bertz CT molecular complexity index is 6960. The molecule has 0 amide bonds. The summed E-state index contributed by atoms with van der Waals surface area (Å²) in [5, 5.41) is 5.75. The molecule has 8 aromatic carbocycles. The Morgan fingerprint density at radius 1 is 0.320 bits per heavy atom. The topological polar surface area (TPSA) is 90.5 Å². The minimum atomic E-state index is 0.198. The number of aryl methyl sites for hydroxylation is 5. The molecule has 0 saturated carbocycles. The molecule has 21 rings (SSSR count). The number of aromatic nitrogens is 7. The van der Waals surface area contributed by atoms with Gasteiger partial charge in [-0.15, -0.1) is 0 Å². The molecule has 0 radical (unpaired) electrons. The predicted octanol–water partition coefficient (Wildman–Crippen LogP) is 23.5. The quantitative estimate of drug-likeness (QED) is 0.110. The van der Waals surface area contributed by atoms with E-state index < -0.39 is 0 Å². The molecule has 125 heavy (non-hydrogen) atoms. The number of hydrogen-bond donors (Lipinski definition) is 0. The Balaban J connectivity index is 0.000000114. The summed E-state index contributed by atoms with van der Waals surface area (Å²) in [7, 11) is 12.9. The van der Waals surface area contributed by atoms with E-state index >= 15 is 0 Å². The molecule has 4 atom stereocenters. The van der Waals surface area contributed by atoms with Crippen LogP contribution < -0.4 is 57.5 Å². The van der Waals surface area contributed by atoms with Gasteiger partial charge in [-0.2, -0.15) is 0 Å². The van der Waals surface area contributed by atoms with Gasteiger partial charge in [-0.05, 0) is 255 Å². The molecule has 0 saturated heterocycles. The van der Waals surface area contributed by atoms with Crippen LogP contribution in [0.4, 0.5) is 68.8 Å². The molecule has 13 heterocycles. The lowest BCUT2D eigenvalue weighted by Gasteiger charge is -2.29. The zero-order chi connectivity index (χ0) is 87.4. The monoisotopic (exact) mass is 1660 g/mol.